The molecule has 0 amide bonds. The van der Waals surface area contributed by atoms with E-state index >= 15 is 0 Å². The number of fused-ring (bicyclic) bond motifs is 4. The Hall–Kier alpha value is -2.02. The Labute approximate surface area is 157 Å². The lowest BCUT2D eigenvalue weighted by Crippen LogP contribution is -2.52. The third-order valence-electron chi connectivity index (χ3n) is 5.82. The number of carbonyl (C=O) groups is 1. The summed E-state index contributed by atoms with van der Waals surface area (Å²) >= 11 is 6.15. The zero-order valence-electron chi connectivity index (χ0n) is 15.0. The topological polar surface area (TPSA) is 80.5 Å². The van der Waals surface area contributed by atoms with E-state index in [1.165, 1.54) is 0 Å². The van der Waals surface area contributed by atoms with Crippen molar-refractivity contribution >= 4 is 34.7 Å². The van der Waals surface area contributed by atoms with Crippen molar-refractivity contribution in [2.45, 2.75) is 38.6 Å². The highest BCUT2D eigenvalue weighted by Crippen LogP contribution is 2.47. The molecule has 140 valence electrons. The second-order valence-electron chi connectivity index (χ2n) is 7.12. The van der Waals surface area contributed by atoms with Gasteiger partial charge < -0.3 is 15.4 Å². The number of ether oxygens (including phenoxy) is 1. The molecule has 3 aliphatic rings. The Morgan fingerprint density at radius 2 is 2.04 bits per heavy atom. The van der Waals surface area contributed by atoms with Crippen LogP contribution in [0.4, 0.5) is 11.6 Å². The predicted molar refractivity (Wildman–Crippen MR) is 101 cm³/mol. The van der Waals surface area contributed by atoms with Crippen LogP contribution in [0, 0.1) is 17.8 Å². The molecule has 0 radical (unpaired) electrons. The summed E-state index contributed by atoms with van der Waals surface area (Å²) in [5.41, 5.74) is 0.836. The Morgan fingerprint density at radius 1 is 1.31 bits per heavy atom. The van der Waals surface area contributed by atoms with E-state index < -0.39 is 0 Å². The summed E-state index contributed by atoms with van der Waals surface area (Å²) in [4.78, 5) is 17.0. The van der Waals surface area contributed by atoms with Crippen molar-refractivity contribution in [3.8, 4) is 0 Å². The predicted octanol–water partition coefficient (Wildman–Crippen LogP) is 3.20. The monoisotopic (exact) mass is 377 g/mol. The highest BCUT2D eigenvalue weighted by atomic mass is 35.5. The number of rotatable bonds is 5. The van der Waals surface area contributed by atoms with Crippen molar-refractivity contribution < 1.29 is 9.53 Å². The van der Waals surface area contributed by atoms with E-state index in [0.29, 0.717) is 24.3 Å². The number of carbonyl (C=O) groups excluding carboxylic acids is 1. The zero-order valence-corrected chi connectivity index (χ0v) is 15.8. The van der Waals surface area contributed by atoms with Crippen LogP contribution in [0.25, 0.3) is 5.52 Å². The van der Waals surface area contributed by atoms with Crippen LogP contribution in [-0.4, -0.2) is 40.3 Å². The van der Waals surface area contributed by atoms with Gasteiger partial charge in [0.15, 0.2) is 5.82 Å². The molecule has 7 nitrogen and oxygen atoms in total. The minimum Gasteiger partial charge on any atom is -0.466 e. The molecule has 0 aliphatic heterocycles. The molecule has 2 aromatic rings. The molecule has 2 N–H and O–H groups in total. The van der Waals surface area contributed by atoms with Gasteiger partial charge in [0.25, 0.3) is 0 Å². The lowest BCUT2D eigenvalue weighted by molar-refractivity contribution is -0.154. The van der Waals surface area contributed by atoms with Crippen LogP contribution < -0.4 is 10.6 Å². The van der Waals surface area contributed by atoms with Gasteiger partial charge >= 0.3 is 5.97 Å². The molecule has 0 aromatic carbocycles. The largest absolute Gasteiger partial charge is 0.466 e. The summed E-state index contributed by atoms with van der Waals surface area (Å²) < 4.78 is 7.12. The fourth-order valence-corrected chi connectivity index (χ4v) is 4.82. The third-order valence-corrected chi connectivity index (χ3v) is 5.98. The van der Waals surface area contributed by atoms with E-state index in [1.54, 1.807) is 4.52 Å². The third kappa shape index (κ3) is 2.88. The smallest absolute Gasteiger partial charge is 0.311 e. The minimum atomic E-state index is -0.130. The number of aromatic nitrogens is 3. The number of hydrogen-bond donors (Lipinski definition) is 2. The van der Waals surface area contributed by atoms with Gasteiger partial charge in [-0.1, -0.05) is 0 Å². The first-order valence-corrected chi connectivity index (χ1v) is 9.66. The Kier molecular flexibility index (Phi) is 4.65. The number of halogens is 1. The summed E-state index contributed by atoms with van der Waals surface area (Å²) in [5, 5.41) is 11.1. The van der Waals surface area contributed by atoms with E-state index in [0.717, 1.165) is 37.0 Å². The lowest BCUT2D eigenvalue weighted by Gasteiger charge is -2.47. The van der Waals surface area contributed by atoms with E-state index in [4.69, 9.17) is 16.3 Å². The van der Waals surface area contributed by atoms with Gasteiger partial charge in [0.1, 0.15) is 11.3 Å². The molecule has 3 saturated carbocycles. The van der Waals surface area contributed by atoms with Gasteiger partial charge in [-0.3, -0.25) is 4.79 Å². The molecule has 0 saturated heterocycles. The second-order valence-corrected chi connectivity index (χ2v) is 7.46. The molecule has 3 fully saturated rings. The van der Waals surface area contributed by atoms with E-state index in [2.05, 4.69) is 20.7 Å². The van der Waals surface area contributed by atoms with Gasteiger partial charge in [0, 0.05) is 13.1 Å². The fraction of sp³-hybridized carbons (Fsp3) is 0.611. The average molecular weight is 378 g/mol. The van der Waals surface area contributed by atoms with Crippen molar-refractivity contribution in [2.24, 2.45) is 17.8 Å². The maximum absolute atomic E-state index is 12.6. The average Bonchev–Trinajstić information content (AvgIpc) is 3.05. The molecular formula is C18H24ClN5O2. The SMILES string of the molecule is CCOC(=O)[C@H]1C2CCC(CC2)[C@@H]1Nc1nc(Cl)nn2c(NC)ccc12. The summed E-state index contributed by atoms with van der Waals surface area (Å²) in [7, 11) is 1.84. The van der Waals surface area contributed by atoms with Gasteiger partial charge in [-0.25, -0.2) is 4.52 Å². The summed E-state index contributed by atoms with van der Waals surface area (Å²) in [6.07, 6.45) is 4.47. The van der Waals surface area contributed by atoms with Crippen molar-refractivity contribution in [1.29, 1.82) is 0 Å². The first kappa shape index (κ1) is 17.4. The summed E-state index contributed by atoms with van der Waals surface area (Å²) in [6.45, 7) is 2.27. The van der Waals surface area contributed by atoms with Gasteiger partial charge in [-0.15, -0.1) is 5.10 Å². The minimum absolute atomic E-state index is 0.0178. The number of esters is 1. The summed E-state index contributed by atoms with van der Waals surface area (Å²) in [6, 6.07) is 3.90. The Balaban J connectivity index is 1.69. The van der Waals surface area contributed by atoms with Gasteiger partial charge in [-0.05, 0) is 68.2 Å². The van der Waals surface area contributed by atoms with Crippen LogP contribution in [0.15, 0.2) is 12.1 Å². The van der Waals surface area contributed by atoms with Gasteiger partial charge in [0.2, 0.25) is 5.28 Å². The van der Waals surface area contributed by atoms with Crippen LogP contribution in [0.5, 0.6) is 0 Å². The van der Waals surface area contributed by atoms with E-state index in [9.17, 15) is 4.79 Å². The van der Waals surface area contributed by atoms with Crippen LogP contribution in [0.2, 0.25) is 5.28 Å². The molecule has 5 rings (SSSR count). The highest BCUT2D eigenvalue weighted by Gasteiger charge is 2.48. The van der Waals surface area contributed by atoms with Crippen molar-refractivity contribution in [3.05, 3.63) is 17.4 Å². The molecule has 2 bridgehead atoms. The van der Waals surface area contributed by atoms with Gasteiger partial charge in [0.05, 0.1) is 12.5 Å². The molecule has 2 aromatic heterocycles. The number of nitrogens with one attached hydrogen (secondary N) is 2. The molecule has 8 heteroatoms. The molecule has 0 spiro atoms. The molecule has 3 aliphatic carbocycles. The van der Waals surface area contributed by atoms with Crippen molar-refractivity contribution in [3.63, 3.8) is 0 Å². The lowest BCUT2D eigenvalue weighted by atomic mass is 9.61. The number of nitrogens with zero attached hydrogens (tertiary/aromatic N) is 3. The molecule has 26 heavy (non-hydrogen) atoms. The van der Waals surface area contributed by atoms with Crippen LogP contribution >= 0.6 is 11.6 Å². The van der Waals surface area contributed by atoms with Gasteiger partial charge in [-0.2, -0.15) is 4.98 Å². The van der Waals surface area contributed by atoms with Crippen LogP contribution in [-0.2, 0) is 9.53 Å². The van der Waals surface area contributed by atoms with Crippen LogP contribution in [0.1, 0.15) is 32.6 Å². The molecular weight excluding hydrogens is 354 g/mol. The normalized spacial score (nSPS) is 27.5. The molecule has 2 atom stereocenters. The summed E-state index contributed by atoms with van der Waals surface area (Å²) in [5.74, 6) is 2.10. The number of anilines is 2. The second kappa shape index (κ2) is 6.95. The highest BCUT2D eigenvalue weighted by molar-refractivity contribution is 6.28. The first-order chi connectivity index (χ1) is 12.6. The maximum Gasteiger partial charge on any atom is 0.311 e. The van der Waals surface area contributed by atoms with E-state index in [1.807, 2.05) is 26.1 Å². The van der Waals surface area contributed by atoms with Crippen molar-refractivity contribution in [2.75, 3.05) is 24.3 Å². The standard InChI is InChI=1S/C18H24ClN5O2/c1-3-26-17(25)14-10-4-6-11(7-5-10)15(14)21-16-12-8-9-13(20-2)24(12)23-18(19)22-16/h8-11,14-15,20H,3-7H2,1-2H3,(H,21,22,23)/t10?,11?,14-,15-/m0/s1. The fourth-order valence-electron chi connectivity index (χ4n) is 4.66. The molecule has 0 unspecified atom stereocenters. The van der Waals surface area contributed by atoms with Crippen LogP contribution in [0.3, 0.4) is 0 Å². The van der Waals surface area contributed by atoms with Crippen molar-refractivity contribution in [1.82, 2.24) is 14.6 Å². The maximum atomic E-state index is 12.6. The molecule has 2 heterocycles. The Bertz CT molecular complexity index is 815. The zero-order chi connectivity index (χ0) is 18.3. The number of hydrogen-bond acceptors (Lipinski definition) is 6. The van der Waals surface area contributed by atoms with E-state index in [-0.39, 0.29) is 23.2 Å². The quantitative estimate of drug-likeness (QED) is 0.779. The Morgan fingerprint density at radius 3 is 2.73 bits per heavy atom. The first-order valence-electron chi connectivity index (χ1n) is 9.28.